The second kappa shape index (κ2) is 5.67. The first-order valence-electron chi connectivity index (χ1n) is 5.07. The summed E-state index contributed by atoms with van der Waals surface area (Å²) in [5.74, 6) is -1.10. The van der Waals surface area contributed by atoms with Crippen LogP contribution in [0.1, 0.15) is 25.7 Å². The highest BCUT2D eigenvalue weighted by Gasteiger charge is 2.28. The maximum absolute atomic E-state index is 11.5. The lowest BCUT2D eigenvalue weighted by Gasteiger charge is -2.26. The van der Waals surface area contributed by atoms with E-state index in [4.69, 9.17) is 11.5 Å². The van der Waals surface area contributed by atoms with Gasteiger partial charge >= 0.3 is 0 Å². The van der Waals surface area contributed by atoms with Gasteiger partial charge in [0.15, 0.2) is 6.61 Å². The number of primary amides is 1. The molecular weight excluding hydrogens is 198 g/mol. The van der Waals surface area contributed by atoms with Crippen LogP contribution in [0.2, 0.25) is 0 Å². The van der Waals surface area contributed by atoms with Crippen LogP contribution in [0, 0.1) is 5.92 Å². The van der Waals surface area contributed by atoms with Crippen LogP contribution < -0.4 is 16.9 Å². The summed E-state index contributed by atoms with van der Waals surface area (Å²) in [5, 5.41) is 0. The molecule has 0 aromatic carbocycles. The van der Waals surface area contributed by atoms with Gasteiger partial charge in [0.1, 0.15) is 0 Å². The minimum absolute atomic E-state index is 0.115. The molecule has 0 aromatic rings. The van der Waals surface area contributed by atoms with Gasteiger partial charge in [-0.2, -0.15) is 0 Å². The summed E-state index contributed by atoms with van der Waals surface area (Å²) in [6, 6.07) is -0.115. The zero-order valence-electron chi connectivity index (χ0n) is 8.57. The Morgan fingerprint density at radius 2 is 2.00 bits per heavy atom. The van der Waals surface area contributed by atoms with Gasteiger partial charge in [0.2, 0.25) is 11.8 Å². The Bertz CT molecular complexity index is 245. The number of nitrogens with one attached hydrogen (secondary N) is 1. The van der Waals surface area contributed by atoms with Crippen molar-refractivity contribution in [2.24, 2.45) is 17.4 Å². The zero-order chi connectivity index (χ0) is 11.3. The van der Waals surface area contributed by atoms with E-state index in [1.54, 1.807) is 0 Å². The first kappa shape index (κ1) is 11.9. The minimum atomic E-state index is -0.622. The molecule has 0 heterocycles. The van der Waals surface area contributed by atoms with Crippen LogP contribution >= 0.6 is 0 Å². The summed E-state index contributed by atoms with van der Waals surface area (Å²) < 4.78 is 0. The summed E-state index contributed by atoms with van der Waals surface area (Å²) in [7, 11) is 0. The van der Waals surface area contributed by atoms with Crippen molar-refractivity contribution in [2.75, 3.05) is 6.61 Å². The zero-order valence-corrected chi connectivity index (χ0v) is 8.57. The SMILES string of the molecule is NC(=O)CONC(=O)C1CCCCC1N. The van der Waals surface area contributed by atoms with Crippen LogP contribution in [-0.2, 0) is 14.4 Å². The Balaban J connectivity index is 2.29. The maximum atomic E-state index is 11.5. The Morgan fingerprint density at radius 3 is 2.60 bits per heavy atom. The van der Waals surface area contributed by atoms with E-state index in [-0.39, 0.29) is 24.5 Å². The number of rotatable bonds is 4. The summed E-state index contributed by atoms with van der Waals surface area (Å²) in [6.45, 7) is -0.312. The molecule has 1 aliphatic carbocycles. The molecule has 1 fully saturated rings. The molecule has 6 heteroatoms. The van der Waals surface area contributed by atoms with Gasteiger partial charge in [-0.05, 0) is 12.8 Å². The van der Waals surface area contributed by atoms with E-state index >= 15 is 0 Å². The highest BCUT2D eigenvalue weighted by molar-refractivity contribution is 5.79. The van der Waals surface area contributed by atoms with Crippen molar-refractivity contribution < 1.29 is 14.4 Å². The molecule has 0 aliphatic heterocycles. The maximum Gasteiger partial charge on any atom is 0.248 e. The molecule has 2 unspecified atom stereocenters. The van der Waals surface area contributed by atoms with Crippen LogP contribution in [-0.4, -0.2) is 24.5 Å². The first-order valence-corrected chi connectivity index (χ1v) is 5.07. The lowest BCUT2D eigenvalue weighted by Crippen LogP contribution is -2.44. The molecule has 1 saturated carbocycles. The molecule has 0 saturated heterocycles. The van der Waals surface area contributed by atoms with E-state index < -0.39 is 5.91 Å². The normalized spacial score (nSPS) is 25.9. The van der Waals surface area contributed by atoms with E-state index in [9.17, 15) is 9.59 Å². The quantitative estimate of drug-likeness (QED) is 0.525. The average Bonchev–Trinajstić information content (AvgIpc) is 2.17. The molecule has 0 radical (unpaired) electrons. The Morgan fingerprint density at radius 1 is 1.33 bits per heavy atom. The molecule has 0 bridgehead atoms. The topological polar surface area (TPSA) is 107 Å². The third-order valence-electron chi connectivity index (χ3n) is 2.54. The van der Waals surface area contributed by atoms with Crippen molar-refractivity contribution in [1.29, 1.82) is 0 Å². The van der Waals surface area contributed by atoms with Crippen LogP contribution in [0.3, 0.4) is 0 Å². The molecule has 86 valence electrons. The number of hydroxylamine groups is 1. The molecule has 15 heavy (non-hydrogen) atoms. The number of hydrogen-bond acceptors (Lipinski definition) is 4. The fourth-order valence-electron chi connectivity index (χ4n) is 1.74. The molecule has 5 N–H and O–H groups in total. The summed E-state index contributed by atoms with van der Waals surface area (Å²) in [5.41, 5.74) is 12.8. The molecule has 1 aliphatic rings. The minimum Gasteiger partial charge on any atom is -0.368 e. The van der Waals surface area contributed by atoms with E-state index in [1.165, 1.54) is 0 Å². The monoisotopic (exact) mass is 215 g/mol. The molecule has 6 nitrogen and oxygen atoms in total. The molecule has 0 spiro atoms. The van der Waals surface area contributed by atoms with Gasteiger partial charge < -0.3 is 11.5 Å². The van der Waals surface area contributed by atoms with Gasteiger partial charge in [-0.15, -0.1) is 0 Å². The predicted molar refractivity (Wildman–Crippen MR) is 53.2 cm³/mol. The van der Waals surface area contributed by atoms with Crippen LogP contribution in [0.5, 0.6) is 0 Å². The fraction of sp³-hybridized carbons (Fsp3) is 0.778. The Kier molecular flexibility index (Phi) is 4.51. The van der Waals surface area contributed by atoms with Crippen molar-refractivity contribution in [3.05, 3.63) is 0 Å². The van der Waals surface area contributed by atoms with Crippen LogP contribution in [0.15, 0.2) is 0 Å². The lowest BCUT2D eigenvalue weighted by atomic mass is 9.85. The lowest BCUT2D eigenvalue weighted by molar-refractivity contribution is -0.142. The van der Waals surface area contributed by atoms with Gasteiger partial charge in [-0.3, -0.25) is 14.4 Å². The number of hydrogen-bond donors (Lipinski definition) is 3. The van der Waals surface area contributed by atoms with Gasteiger partial charge in [0, 0.05) is 6.04 Å². The van der Waals surface area contributed by atoms with E-state index in [0.717, 1.165) is 25.7 Å². The summed E-state index contributed by atoms with van der Waals surface area (Å²) in [6.07, 6.45) is 3.69. The van der Waals surface area contributed by atoms with Crippen LogP contribution in [0.4, 0.5) is 0 Å². The van der Waals surface area contributed by atoms with E-state index in [2.05, 4.69) is 10.3 Å². The molecule has 0 aromatic heterocycles. The van der Waals surface area contributed by atoms with Gasteiger partial charge in [-0.1, -0.05) is 12.8 Å². The second-order valence-corrected chi connectivity index (χ2v) is 3.78. The Hall–Kier alpha value is -1.14. The van der Waals surface area contributed by atoms with Crippen LogP contribution in [0.25, 0.3) is 0 Å². The highest BCUT2D eigenvalue weighted by atomic mass is 16.7. The summed E-state index contributed by atoms with van der Waals surface area (Å²) in [4.78, 5) is 26.5. The molecule has 2 amide bonds. The number of carbonyl (C=O) groups is 2. The average molecular weight is 215 g/mol. The standard InChI is InChI=1S/C9H17N3O3/c10-7-4-2-1-3-6(7)9(14)12-15-5-8(11)13/h6-7H,1-5,10H2,(H2,11,13)(H,12,14). The van der Waals surface area contributed by atoms with Crippen molar-refractivity contribution in [2.45, 2.75) is 31.7 Å². The second-order valence-electron chi connectivity index (χ2n) is 3.78. The van der Waals surface area contributed by atoms with Crippen molar-refractivity contribution in [1.82, 2.24) is 5.48 Å². The number of amides is 2. The third-order valence-corrected chi connectivity index (χ3v) is 2.54. The molecule has 1 rings (SSSR count). The smallest absolute Gasteiger partial charge is 0.248 e. The summed E-state index contributed by atoms with van der Waals surface area (Å²) >= 11 is 0. The highest BCUT2D eigenvalue weighted by Crippen LogP contribution is 2.22. The van der Waals surface area contributed by atoms with Gasteiger partial charge in [0.05, 0.1) is 5.92 Å². The molecule has 2 atom stereocenters. The number of carbonyl (C=O) groups excluding carboxylic acids is 2. The van der Waals surface area contributed by atoms with Crippen molar-refractivity contribution in [3.8, 4) is 0 Å². The predicted octanol–water partition coefficient (Wildman–Crippen LogP) is -0.963. The van der Waals surface area contributed by atoms with Gasteiger partial charge in [-0.25, -0.2) is 5.48 Å². The fourth-order valence-corrected chi connectivity index (χ4v) is 1.74. The Labute approximate surface area is 88.3 Å². The van der Waals surface area contributed by atoms with Crippen molar-refractivity contribution >= 4 is 11.8 Å². The van der Waals surface area contributed by atoms with Gasteiger partial charge in [0.25, 0.3) is 0 Å². The number of nitrogens with two attached hydrogens (primary N) is 2. The third kappa shape index (κ3) is 3.85. The first-order chi connectivity index (χ1) is 7.11. The molecular formula is C9H17N3O3. The van der Waals surface area contributed by atoms with E-state index in [0.29, 0.717) is 0 Å². The van der Waals surface area contributed by atoms with E-state index in [1.807, 2.05) is 0 Å². The largest absolute Gasteiger partial charge is 0.368 e. The van der Waals surface area contributed by atoms with Crippen molar-refractivity contribution in [3.63, 3.8) is 0 Å².